The van der Waals surface area contributed by atoms with Gasteiger partial charge in [0.15, 0.2) is 0 Å². The SMILES string of the molecule is OC1(C2CC2)CN(CCC2CC2)C1. The predicted octanol–water partition coefficient (Wildman–Crippen LogP) is 1.24. The Morgan fingerprint density at radius 2 is 1.85 bits per heavy atom. The molecule has 0 amide bonds. The fraction of sp³-hybridized carbons (Fsp3) is 1.00. The Morgan fingerprint density at radius 3 is 2.38 bits per heavy atom. The van der Waals surface area contributed by atoms with Crippen LogP contribution in [0.1, 0.15) is 32.1 Å². The van der Waals surface area contributed by atoms with Gasteiger partial charge in [0.1, 0.15) is 0 Å². The lowest BCUT2D eigenvalue weighted by Gasteiger charge is -2.47. The second kappa shape index (κ2) is 2.71. The molecule has 2 aliphatic carbocycles. The number of rotatable bonds is 4. The van der Waals surface area contributed by atoms with E-state index in [1.54, 1.807) is 0 Å². The summed E-state index contributed by atoms with van der Waals surface area (Å²) in [6, 6.07) is 0. The van der Waals surface area contributed by atoms with Crippen molar-refractivity contribution in [1.29, 1.82) is 0 Å². The van der Waals surface area contributed by atoms with E-state index in [1.807, 2.05) is 0 Å². The molecule has 3 aliphatic rings. The number of aliphatic hydroxyl groups is 1. The van der Waals surface area contributed by atoms with Gasteiger partial charge in [-0.3, -0.25) is 4.90 Å². The van der Waals surface area contributed by atoms with Crippen molar-refractivity contribution in [3.63, 3.8) is 0 Å². The maximum absolute atomic E-state index is 10.1. The molecule has 2 nitrogen and oxygen atoms in total. The number of likely N-dealkylation sites (tertiary alicyclic amines) is 1. The summed E-state index contributed by atoms with van der Waals surface area (Å²) in [4.78, 5) is 2.43. The lowest BCUT2D eigenvalue weighted by molar-refractivity contribution is -0.113. The van der Waals surface area contributed by atoms with E-state index in [2.05, 4.69) is 4.90 Å². The fourth-order valence-electron chi connectivity index (χ4n) is 2.54. The molecule has 0 aromatic rings. The van der Waals surface area contributed by atoms with E-state index < -0.39 is 0 Å². The van der Waals surface area contributed by atoms with E-state index >= 15 is 0 Å². The first-order valence-electron chi connectivity index (χ1n) is 5.71. The van der Waals surface area contributed by atoms with E-state index in [0.29, 0.717) is 5.92 Å². The quantitative estimate of drug-likeness (QED) is 0.705. The zero-order chi connectivity index (χ0) is 8.89. The van der Waals surface area contributed by atoms with E-state index in [4.69, 9.17) is 0 Å². The van der Waals surface area contributed by atoms with Crippen molar-refractivity contribution in [2.24, 2.45) is 11.8 Å². The average Bonchev–Trinajstić information content (AvgIpc) is 2.82. The Kier molecular flexibility index (Phi) is 1.72. The summed E-state index contributed by atoms with van der Waals surface area (Å²) in [6.45, 7) is 3.16. The largest absolute Gasteiger partial charge is 0.387 e. The zero-order valence-corrected chi connectivity index (χ0v) is 8.21. The fourth-order valence-corrected chi connectivity index (χ4v) is 2.54. The van der Waals surface area contributed by atoms with E-state index in [9.17, 15) is 5.11 Å². The average molecular weight is 181 g/mol. The minimum atomic E-state index is -0.260. The van der Waals surface area contributed by atoms with Crippen LogP contribution in [-0.2, 0) is 0 Å². The van der Waals surface area contributed by atoms with Crippen LogP contribution in [0, 0.1) is 11.8 Å². The van der Waals surface area contributed by atoms with Crippen LogP contribution in [0.3, 0.4) is 0 Å². The number of nitrogens with zero attached hydrogens (tertiary/aromatic N) is 1. The van der Waals surface area contributed by atoms with E-state index in [0.717, 1.165) is 19.0 Å². The molecule has 0 radical (unpaired) electrons. The Morgan fingerprint density at radius 1 is 1.15 bits per heavy atom. The molecule has 1 aliphatic heterocycles. The van der Waals surface area contributed by atoms with Crippen molar-refractivity contribution < 1.29 is 5.11 Å². The molecule has 0 atom stereocenters. The van der Waals surface area contributed by atoms with Gasteiger partial charge in [0.05, 0.1) is 5.60 Å². The molecule has 74 valence electrons. The van der Waals surface area contributed by atoms with Gasteiger partial charge in [-0.25, -0.2) is 0 Å². The normalized spacial score (nSPS) is 33.0. The summed E-state index contributed by atoms with van der Waals surface area (Å²) in [7, 11) is 0. The van der Waals surface area contributed by atoms with Gasteiger partial charge in [-0.2, -0.15) is 0 Å². The summed E-state index contributed by atoms with van der Waals surface area (Å²) >= 11 is 0. The molecule has 13 heavy (non-hydrogen) atoms. The van der Waals surface area contributed by atoms with Gasteiger partial charge in [0.25, 0.3) is 0 Å². The molecule has 3 rings (SSSR count). The topological polar surface area (TPSA) is 23.5 Å². The van der Waals surface area contributed by atoms with E-state index in [1.165, 1.54) is 38.6 Å². The molecule has 1 N–H and O–H groups in total. The second-order valence-electron chi connectivity index (χ2n) is 5.32. The number of hydrogen-bond acceptors (Lipinski definition) is 2. The standard InChI is InChI=1S/C11H19NO/c13-11(10-3-4-10)7-12(8-11)6-5-9-1-2-9/h9-10,13H,1-8H2. The van der Waals surface area contributed by atoms with Gasteiger partial charge in [0.2, 0.25) is 0 Å². The summed E-state index contributed by atoms with van der Waals surface area (Å²) < 4.78 is 0. The third-order valence-corrected chi connectivity index (χ3v) is 3.88. The van der Waals surface area contributed by atoms with Crippen LogP contribution in [0.4, 0.5) is 0 Å². The zero-order valence-electron chi connectivity index (χ0n) is 8.21. The van der Waals surface area contributed by atoms with Crippen molar-refractivity contribution in [2.45, 2.75) is 37.7 Å². The summed E-state index contributed by atoms with van der Waals surface area (Å²) in [5.41, 5.74) is -0.260. The van der Waals surface area contributed by atoms with Crippen LogP contribution < -0.4 is 0 Å². The Balaban J connectivity index is 1.40. The number of β-amino-alcohol motifs (C(OH)–C–C–N with tert-alkyl or cyclic N) is 1. The third-order valence-electron chi connectivity index (χ3n) is 3.88. The van der Waals surface area contributed by atoms with Crippen LogP contribution in [0.25, 0.3) is 0 Å². The molecular weight excluding hydrogens is 162 g/mol. The van der Waals surface area contributed by atoms with Gasteiger partial charge in [0, 0.05) is 13.1 Å². The van der Waals surface area contributed by atoms with Crippen LogP contribution >= 0.6 is 0 Å². The Bertz CT molecular complexity index is 202. The van der Waals surface area contributed by atoms with Crippen LogP contribution in [0.2, 0.25) is 0 Å². The van der Waals surface area contributed by atoms with Gasteiger partial charge >= 0.3 is 0 Å². The highest BCUT2D eigenvalue weighted by Gasteiger charge is 2.51. The van der Waals surface area contributed by atoms with Crippen LogP contribution in [-0.4, -0.2) is 35.2 Å². The smallest absolute Gasteiger partial charge is 0.0928 e. The van der Waals surface area contributed by atoms with Crippen molar-refractivity contribution >= 4 is 0 Å². The molecule has 0 bridgehead atoms. The van der Waals surface area contributed by atoms with Crippen molar-refractivity contribution in [3.05, 3.63) is 0 Å². The molecule has 3 fully saturated rings. The van der Waals surface area contributed by atoms with Gasteiger partial charge in [-0.05, 0) is 37.6 Å². The molecule has 1 heterocycles. The van der Waals surface area contributed by atoms with Crippen molar-refractivity contribution in [2.75, 3.05) is 19.6 Å². The number of hydrogen-bond donors (Lipinski definition) is 1. The summed E-state index contributed by atoms with van der Waals surface area (Å²) in [5.74, 6) is 1.69. The lowest BCUT2D eigenvalue weighted by atomic mass is 9.88. The second-order valence-corrected chi connectivity index (χ2v) is 5.32. The van der Waals surface area contributed by atoms with Gasteiger partial charge < -0.3 is 5.11 Å². The minimum Gasteiger partial charge on any atom is -0.387 e. The van der Waals surface area contributed by atoms with Crippen molar-refractivity contribution in [1.82, 2.24) is 4.90 Å². The molecule has 2 heteroatoms. The van der Waals surface area contributed by atoms with Crippen LogP contribution in [0.5, 0.6) is 0 Å². The molecule has 1 saturated heterocycles. The third kappa shape index (κ3) is 1.62. The molecule has 0 aromatic heterocycles. The summed E-state index contributed by atoms with van der Waals surface area (Å²) in [6.07, 6.45) is 6.84. The first kappa shape index (κ1) is 8.25. The van der Waals surface area contributed by atoms with Gasteiger partial charge in [-0.15, -0.1) is 0 Å². The highest BCUT2D eigenvalue weighted by Crippen LogP contribution is 2.44. The first-order chi connectivity index (χ1) is 6.26. The minimum absolute atomic E-state index is 0.260. The molecule has 2 saturated carbocycles. The highest BCUT2D eigenvalue weighted by atomic mass is 16.3. The monoisotopic (exact) mass is 181 g/mol. The molecule has 0 aromatic carbocycles. The van der Waals surface area contributed by atoms with Gasteiger partial charge in [-0.1, -0.05) is 12.8 Å². The van der Waals surface area contributed by atoms with E-state index in [-0.39, 0.29) is 5.60 Å². The first-order valence-corrected chi connectivity index (χ1v) is 5.71. The molecule has 0 unspecified atom stereocenters. The maximum Gasteiger partial charge on any atom is 0.0928 e. The molecule has 0 spiro atoms. The molecular formula is C11H19NO. The Labute approximate surface area is 79.9 Å². The maximum atomic E-state index is 10.1. The highest BCUT2D eigenvalue weighted by molar-refractivity contribution is 5.05. The lowest BCUT2D eigenvalue weighted by Crippen LogP contribution is -2.63. The Hall–Kier alpha value is -0.0800. The predicted molar refractivity (Wildman–Crippen MR) is 51.5 cm³/mol. The summed E-state index contributed by atoms with van der Waals surface area (Å²) in [5, 5.41) is 10.1. The van der Waals surface area contributed by atoms with Crippen LogP contribution in [0.15, 0.2) is 0 Å². The van der Waals surface area contributed by atoms with Crippen molar-refractivity contribution in [3.8, 4) is 0 Å².